The largest absolute Gasteiger partial charge is 0.399 e. The van der Waals surface area contributed by atoms with Crippen LogP contribution < -0.4 is 11.1 Å². The molecule has 1 aliphatic heterocycles. The van der Waals surface area contributed by atoms with Crippen molar-refractivity contribution in [1.29, 1.82) is 0 Å². The Balaban J connectivity index is 1.77. The first-order valence-electron chi connectivity index (χ1n) is 6.16. The van der Waals surface area contributed by atoms with E-state index in [-0.39, 0.29) is 0 Å². The Labute approximate surface area is 111 Å². The van der Waals surface area contributed by atoms with Gasteiger partial charge in [-0.25, -0.2) is 0 Å². The second-order valence-corrected chi connectivity index (χ2v) is 5.30. The Morgan fingerprint density at radius 1 is 1.41 bits per heavy atom. The van der Waals surface area contributed by atoms with E-state index >= 15 is 0 Å². The highest BCUT2D eigenvalue weighted by Gasteiger charge is 2.13. The van der Waals surface area contributed by atoms with Crippen LogP contribution in [0.25, 0.3) is 0 Å². The minimum atomic E-state index is 0.434. The molecule has 1 heterocycles. The van der Waals surface area contributed by atoms with E-state index in [0.717, 1.165) is 35.4 Å². The smallest absolute Gasteiger partial charge is 0.0591 e. The number of ether oxygens (including phenoxy) is 1. The van der Waals surface area contributed by atoms with Crippen molar-refractivity contribution in [2.24, 2.45) is 0 Å². The van der Waals surface area contributed by atoms with Crippen LogP contribution >= 0.6 is 15.9 Å². The zero-order valence-electron chi connectivity index (χ0n) is 9.92. The summed E-state index contributed by atoms with van der Waals surface area (Å²) in [6, 6.07) is 5.82. The fourth-order valence-corrected chi connectivity index (χ4v) is 2.61. The average molecular weight is 299 g/mol. The first kappa shape index (κ1) is 12.7. The van der Waals surface area contributed by atoms with E-state index in [9.17, 15) is 0 Å². The van der Waals surface area contributed by atoms with Crippen LogP contribution in [0.5, 0.6) is 0 Å². The molecular formula is C13H19BrN2O. The van der Waals surface area contributed by atoms with Crippen LogP contribution in [0.2, 0.25) is 0 Å². The number of nitrogens with one attached hydrogen (secondary N) is 1. The van der Waals surface area contributed by atoms with Gasteiger partial charge in [-0.3, -0.25) is 0 Å². The van der Waals surface area contributed by atoms with Crippen molar-refractivity contribution in [3.63, 3.8) is 0 Å². The molecule has 0 amide bonds. The van der Waals surface area contributed by atoms with Crippen LogP contribution in [0.1, 0.15) is 25.7 Å². The molecule has 1 unspecified atom stereocenters. The minimum Gasteiger partial charge on any atom is -0.399 e. The van der Waals surface area contributed by atoms with Crippen LogP contribution in [0.3, 0.4) is 0 Å². The van der Waals surface area contributed by atoms with Gasteiger partial charge in [0.15, 0.2) is 0 Å². The molecule has 4 heteroatoms. The minimum absolute atomic E-state index is 0.434. The van der Waals surface area contributed by atoms with Gasteiger partial charge in [0.2, 0.25) is 0 Å². The number of nitrogen functional groups attached to an aromatic ring is 1. The molecule has 1 saturated heterocycles. The highest BCUT2D eigenvalue weighted by molar-refractivity contribution is 9.10. The number of benzene rings is 1. The van der Waals surface area contributed by atoms with Gasteiger partial charge in [-0.1, -0.05) is 0 Å². The van der Waals surface area contributed by atoms with Crippen LogP contribution in [-0.4, -0.2) is 19.3 Å². The maximum Gasteiger partial charge on any atom is 0.0591 e. The third-order valence-corrected chi connectivity index (χ3v) is 3.70. The summed E-state index contributed by atoms with van der Waals surface area (Å²) in [6.07, 6.45) is 5.22. The van der Waals surface area contributed by atoms with Crippen LogP contribution in [-0.2, 0) is 4.74 Å². The van der Waals surface area contributed by atoms with Gasteiger partial charge in [-0.05, 0) is 59.8 Å². The molecule has 1 aromatic rings. The standard InChI is InChI=1S/C13H19BrN2O/c14-12-9-10(15)4-5-13(12)16-7-6-11-3-1-2-8-17-11/h4-5,9,11,16H,1-3,6-8,15H2. The molecule has 0 radical (unpaired) electrons. The van der Waals surface area contributed by atoms with E-state index in [2.05, 4.69) is 21.2 Å². The number of halogens is 1. The Hall–Kier alpha value is -0.740. The summed E-state index contributed by atoms with van der Waals surface area (Å²) in [7, 11) is 0. The monoisotopic (exact) mass is 298 g/mol. The van der Waals surface area contributed by atoms with Gasteiger partial charge in [0.05, 0.1) is 6.10 Å². The molecule has 1 aliphatic rings. The van der Waals surface area contributed by atoms with Crippen molar-refractivity contribution < 1.29 is 4.74 Å². The summed E-state index contributed by atoms with van der Waals surface area (Å²) in [5.74, 6) is 0. The van der Waals surface area contributed by atoms with Gasteiger partial charge in [0, 0.05) is 29.0 Å². The molecule has 1 fully saturated rings. The van der Waals surface area contributed by atoms with Crippen LogP contribution in [0.4, 0.5) is 11.4 Å². The third-order valence-electron chi connectivity index (χ3n) is 3.05. The molecule has 0 bridgehead atoms. The lowest BCUT2D eigenvalue weighted by molar-refractivity contribution is 0.0134. The van der Waals surface area contributed by atoms with E-state index in [1.165, 1.54) is 19.3 Å². The van der Waals surface area contributed by atoms with Crippen molar-refractivity contribution in [3.05, 3.63) is 22.7 Å². The number of anilines is 2. The summed E-state index contributed by atoms with van der Waals surface area (Å²) < 4.78 is 6.71. The molecule has 1 aromatic carbocycles. The predicted molar refractivity (Wildman–Crippen MR) is 75.3 cm³/mol. The molecular weight excluding hydrogens is 280 g/mol. The molecule has 0 aromatic heterocycles. The molecule has 3 nitrogen and oxygen atoms in total. The lowest BCUT2D eigenvalue weighted by Crippen LogP contribution is -2.22. The van der Waals surface area contributed by atoms with E-state index in [1.807, 2.05) is 18.2 Å². The van der Waals surface area contributed by atoms with Crippen molar-refractivity contribution >= 4 is 27.3 Å². The van der Waals surface area contributed by atoms with Crippen molar-refractivity contribution in [2.75, 3.05) is 24.2 Å². The van der Waals surface area contributed by atoms with Crippen LogP contribution in [0.15, 0.2) is 22.7 Å². The average Bonchev–Trinajstić information content (AvgIpc) is 2.33. The summed E-state index contributed by atoms with van der Waals surface area (Å²) in [5.41, 5.74) is 7.56. The van der Waals surface area contributed by atoms with E-state index in [0.29, 0.717) is 6.10 Å². The normalized spacial score (nSPS) is 20.2. The zero-order valence-corrected chi connectivity index (χ0v) is 11.5. The Morgan fingerprint density at radius 2 is 2.29 bits per heavy atom. The summed E-state index contributed by atoms with van der Waals surface area (Å²) in [6.45, 7) is 1.86. The summed E-state index contributed by atoms with van der Waals surface area (Å²) in [4.78, 5) is 0. The molecule has 94 valence electrons. The number of rotatable bonds is 4. The molecule has 0 spiro atoms. The second-order valence-electron chi connectivity index (χ2n) is 4.44. The molecule has 2 rings (SSSR count). The van der Waals surface area contributed by atoms with Gasteiger partial charge in [0.1, 0.15) is 0 Å². The number of hydrogen-bond donors (Lipinski definition) is 2. The van der Waals surface area contributed by atoms with Gasteiger partial charge >= 0.3 is 0 Å². The highest BCUT2D eigenvalue weighted by Crippen LogP contribution is 2.25. The lowest BCUT2D eigenvalue weighted by Gasteiger charge is -2.22. The topological polar surface area (TPSA) is 47.3 Å². The van der Waals surface area contributed by atoms with E-state index < -0.39 is 0 Å². The summed E-state index contributed by atoms with van der Waals surface area (Å²) in [5, 5.41) is 3.41. The fourth-order valence-electron chi connectivity index (χ4n) is 2.08. The van der Waals surface area contributed by atoms with Gasteiger partial charge in [-0.2, -0.15) is 0 Å². The maximum absolute atomic E-state index is 5.70. The SMILES string of the molecule is Nc1ccc(NCCC2CCCCO2)c(Br)c1. The lowest BCUT2D eigenvalue weighted by atomic mass is 10.1. The first-order valence-corrected chi connectivity index (χ1v) is 6.95. The van der Waals surface area contributed by atoms with Crippen molar-refractivity contribution in [3.8, 4) is 0 Å². The zero-order chi connectivity index (χ0) is 12.1. The first-order chi connectivity index (χ1) is 8.25. The quantitative estimate of drug-likeness (QED) is 0.838. The molecule has 3 N–H and O–H groups in total. The molecule has 0 saturated carbocycles. The van der Waals surface area contributed by atoms with E-state index in [4.69, 9.17) is 10.5 Å². The van der Waals surface area contributed by atoms with Gasteiger partial charge < -0.3 is 15.8 Å². The molecule has 1 atom stereocenters. The maximum atomic E-state index is 5.70. The van der Waals surface area contributed by atoms with Gasteiger partial charge in [0.25, 0.3) is 0 Å². The molecule has 0 aliphatic carbocycles. The fraction of sp³-hybridized carbons (Fsp3) is 0.538. The van der Waals surface area contributed by atoms with Crippen molar-refractivity contribution in [1.82, 2.24) is 0 Å². The van der Waals surface area contributed by atoms with E-state index in [1.54, 1.807) is 0 Å². The second kappa shape index (κ2) is 6.26. The Kier molecular flexibility index (Phi) is 4.68. The summed E-state index contributed by atoms with van der Waals surface area (Å²) >= 11 is 3.50. The van der Waals surface area contributed by atoms with Crippen LogP contribution in [0, 0.1) is 0 Å². The highest BCUT2D eigenvalue weighted by atomic mass is 79.9. The van der Waals surface area contributed by atoms with Crippen molar-refractivity contribution in [2.45, 2.75) is 31.8 Å². The Bertz CT molecular complexity index is 364. The Morgan fingerprint density at radius 3 is 3.00 bits per heavy atom. The number of hydrogen-bond acceptors (Lipinski definition) is 3. The predicted octanol–water partition coefficient (Wildman–Crippen LogP) is 3.40. The number of nitrogens with two attached hydrogens (primary N) is 1. The third kappa shape index (κ3) is 3.89. The van der Waals surface area contributed by atoms with Gasteiger partial charge in [-0.15, -0.1) is 0 Å². The molecule has 17 heavy (non-hydrogen) atoms.